The molecule has 0 aliphatic rings. The molecule has 0 fully saturated rings. The molecule has 1 amide bonds. The first kappa shape index (κ1) is 12.0. The molecule has 0 saturated heterocycles. The molecular weight excluding hydrogens is 254 g/mol. The molecule has 80 valence electrons. The van der Waals surface area contributed by atoms with Gasteiger partial charge in [0.15, 0.2) is 0 Å². The van der Waals surface area contributed by atoms with Crippen LogP contribution in [0.4, 0.5) is 0 Å². The Kier molecular flexibility index (Phi) is 4.56. The lowest BCUT2D eigenvalue weighted by atomic mass is 10.1. The lowest BCUT2D eigenvalue weighted by Crippen LogP contribution is -2.24. The van der Waals surface area contributed by atoms with Gasteiger partial charge in [0.05, 0.1) is 0 Å². The molecule has 1 N–H and O–H groups in total. The fraction of sp³-hybridized carbons (Fsp3) is 0.250. The molecule has 0 bridgehead atoms. The van der Waals surface area contributed by atoms with E-state index in [9.17, 15) is 4.79 Å². The summed E-state index contributed by atoms with van der Waals surface area (Å²) in [7, 11) is 0. The summed E-state index contributed by atoms with van der Waals surface area (Å²) in [5.41, 5.74) is 1.80. The van der Waals surface area contributed by atoms with Crippen molar-refractivity contribution in [3.8, 4) is 0 Å². The zero-order valence-corrected chi connectivity index (χ0v) is 10.3. The van der Waals surface area contributed by atoms with Crippen LogP contribution >= 0.6 is 15.9 Å². The van der Waals surface area contributed by atoms with Crippen molar-refractivity contribution in [2.75, 3.05) is 6.54 Å². The fourth-order valence-corrected chi connectivity index (χ4v) is 1.50. The highest BCUT2D eigenvalue weighted by molar-refractivity contribution is 9.10. The quantitative estimate of drug-likeness (QED) is 0.660. The van der Waals surface area contributed by atoms with Crippen molar-refractivity contribution in [2.45, 2.75) is 13.3 Å². The molecule has 0 radical (unpaired) electrons. The van der Waals surface area contributed by atoms with Crippen LogP contribution in [0.25, 0.3) is 0 Å². The van der Waals surface area contributed by atoms with Crippen LogP contribution in [0.15, 0.2) is 35.3 Å². The summed E-state index contributed by atoms with van der Waals surface area (Å²) < 4.78 is 0.957. The Hall–Kier alpha value is -1.09. The van der Waals surface area contributed by atoms with E-state index >= 15 is 0 Å². The van der Waals surface area contributed by atoms with Gasteiger partial charge < -0.3 is 5.32 Å². The second kappa shape index (κ2) is 5.71. The van der Waals surface area contributed by atoms with Crippen molar-refractivity contribution in [3.05, 3.63) is 46.5 Å². The van der Waals surface area contributed by atoms with E-state index in [1.165, 1.54) is 0 Å². The topological polar surface area (TPSA) is 29.1 Å². The summed E-state index contributed by atoms with van der Waals surface area (Å²) in [6.45, 7) is 6.22. The molecule has 2 nitrogen and oxygen atoms in total. The smallest absolute Gasteiger partial charge is 0.251 e. The van der Waals surface area contributed by atoms with Gasteiger partial charge in [0.1, 0.15) is 0 Å². The minimum absolute atomic E-state index is 0.0439. The van der Waals surface area contributed by atoms with Crippen LogP contribution in [0.2, 0.25) is 0 Å². The van der Waals surface area contributed by atoms with Gasteiger partial charge in [-0.3, -0.25) is 4.79 Å². The number of nitrogens with one attached hydrogen (secondary N) is 1. The van der Waals surface area contributed by atoms with Gasteiger partial charge in [0, 0.05) is 16.6 Å². The first-order chi connectivity index (χ1) is 7.15. The van der Waals surface area contributed by atoms with Crippen molar-refractivity contribution in [1.29, 1.82) is 0 Å². The van der Waals surface area contributed by atoms with E-state index in [0.717, 1.165) is 16.5 Å². The first-order valence-corrected chi connectivity index (χ1v) is 5.59. The molecule has 1 rings (SSSR count). The summed E-state index contributed by atoms with van der Waals surface area (Å²) in [5.74, 6) is -0.0439. The lowest BCUT2D eigenvalue weighted by Gasteiger charge is -2.05. The second-order valence-corrected chi connectivity index (χ2v) is 4.15. The largest absolute Gasteiger partial charge is 0.352 e. The molecule has 0 spiro atoms. The van der Waals surface area contributed by atoms with Gasteiger partial charge in [-0.25, -0.2) is 0 Å². The number of halogens is 1. The molecule has 15 heavy (non-hydrogen) atoms. The summed E-state index contributed by atoms with van der Waals surface area (Å²) in [4.78, 5) is 11.6. The van der Waals surface area contributed by atoms with Gasteiger partial charge >= 0.3 is 0 Å². The maximum absolute atomic E-state index is 11.6. The average molecular weight is 268 g/mol. The van der Waals surface area contributed by atoms with Gasteiger partial charge in [0.2, 0.25) is 0 Å². The molecule has 0 heterocycles. The van der Waals surface area contributed by atoms with Crippen molar-refractivity contribution in [1.82, 2.24) is 5.32 Å². The van der Waals surface area contributed by atoms with Gasteiger partial charge in [0.25, 0.3) is 5.91 Å². The molecule has 0 aromatic heterocycles. The number of amides is 1. The van der Waals surface area contributed by atoms with Crippen molar-refractivity contribution in [3.63, 3.8) is 0 Å². The van der Waals surface area contributed by atoms with E-state index < -0.39 is 0 Å². The van der Waals surface area contributed by atoms with Crippen LogP contribution in [0.3, 0.4) is 0 Å². The van der Waals surface area contributed by atoms with Crippen LogP contribution in [0.1, 0.15) is 22.3 Å². The molecule has 0 aliphatic carbocycles. The first-order valence-electron chi connectivity index (χ1n) is 4.80. The zero-order chi connectivity index (χ0) is 11.3. The van der Waals surface area contributed by atoms with Crippen LogP contribution in [0, 0.1) is 6.92 Å². The monoisotopic (exact) mass is 267 g/mol. The van der Waals surface area contributed by atoms with Crippen LogP contribution in [-0.4, -0.2) is 12.5 Å². The third-order valence-corrected chi connectivity index (χ3v) is 2.92. The summed E-state index contributed by atoms with van der Waals surface area (Å²) in [6.07, 6.45) is 2.57. The molecule has 1 aromatic carbocycles. The number of rotatable bonds is 4. The SMILES string of the molecule is C=CCCNC(=O)c1ccc(C)c(Br)c1. The summed E-state index contributed by atoms with van der Waals surface area (Å²) >= 11 is 3.40. The number of aryl methyl sites for hydroxylation is 1. The Morgan fingerprint density at radius 2 is 2.33 bits per heavy atom. The summed E-state index contributed by atoms with van der Waals surface area (Å²) in [5, 5.41) is 2.82. The Morgan fingerprint density at radius 3 is 2.93 bits per heavy atom. The highest BCUT2D eigenvalue weighted by Crippen LogP contribution is 2.17. The van der Waals surface area contributed by atoms with E-state index in [-0.39, 0.29) is 5.91 Å². The number of benzene rings is 1. The Morgan fingerprint density at radius 1 is 1.60 bits per heavy atom. The van der Waals surface area contributed by atoms with Gasteiger partial charge in [-0.05, 0) is 31.0 Å². The lowest BCUT2D eigenvalue weighted by molar-refractivity contribution is 0.0954. The number of carbonyl (C=O) groups excluding carboxylic acids is 1. The molecule has 0 unspecified atom stereocenters. The zero-order valence-electron chi connectivity index (χ0n) is 8.72. The number of carbonyl (C=O) groups is 1. The molecule has 0 atom stereocenters. The molecule has 0 saturated carbocycles. The maximum Gasteiger partial charge on any atom is 0.251 e. The van der Waals surface area contributed by atoms with E-state index in [2.05, 4.69) is 27.8 Å². The predicted octanol–water partition coefficient (Wildman–Crippen LogP) is 3.06. The Labute approximate surface area is 98.5 Å². The summed E-state index contributed by atoms with van der Waals surface area (Å²) in [6, 6.07) is 5.58. The van der Waals surface area contributed by atoms with E-state index in [4.69, 9.17) is 0 Å². The van der Waals surface area contributed by atoms with E-state index in [0.29, 0.717) is 12.1 Å². The minimum atomic E-state index is -0.0439. The van der Waals surface area contributed by atoms with Crippen LogP contribution < -0.4 is 5.32 Å². The number of hydrogen-bond donors (Lipinski definition) is 1. The normalized spacial score (nSPS) is 9.73. The van der Waals surface area contributed by atoms with E-state index in [1.54, 1.807) is 6.08 Å². The molecule has 0 aliphatic heterocycles. The standard InChI is InChI=1S/C12H14BrNO/c1-3-4-7-14-12(15)10-6-5-9(2)11(13)8-10/h3,5-6,8H,1,4,7H2,2H3,(H,14,15). The van der Waals surface area contributed by atoms with Crippen molar-refractivity contribution in [2.24, 2.45) is 0 Å². The second-order valence-electron chi connectivity index (χ2n) is 3.30. The molecule has 3 heteroatoms. The van der Waals surface area contributed by atoms with Crippen molar-refractivity contribution >= 4 is 21.8 Å². The maximum atomic E-state index is 11.6. The van der Waals surface area contributed by atoms with Crippen LogP contribution in [0.5, 0.6) is 0 Å². The average Bonchev–Trinajstić information content (AvgIpc) is 2.22. The third-order valence-electron chi connectivity index (χ3n) is 2.07. The highest BCUT2D eigenvalue weighted by Gasteiger charge is 2.05. The van der Waals surface area contributed by atoms with Crippen molar-refractivity contribution < 1.29 is 4.79 Å². The number of hydrogen-bond acceptors (Lipinski definition) is 1. The fourth-order valence-electron chi connectivity index (χ4n) is 1.12. The predicted molar refractivity (Wildman–Crippen MR) is 66.0 cm³/mol. The van der Waals surface area contributed by atoms with Crippen LogP contribution in [-0.2, 0) is 0 Å². The van der Waals surface area contributed by atoms with Gasteiger partial charge in [-0.15, -0.1) is 6.58 Å². The molecular formula is C12H14BrNO. The Balaban J connectivity index is 2.65. The Bertz CT molecular complexity index is 374. The molecule has 1 aromatic rings. The minimum Gasteiger partial charge on any atom is -0.352 e. The highest BCUT2D eigenvalue weighted by atomic mass is 79.9. The third kappa shape index (κ3) is 3.51. The van der Waals surface area contributed by atoms with Gasteiger partial charge in [-0.1, -0.05) is 28.1 Å². The van der Waals surface area contributed by atoms with E-state index in [1.807, 2.05) is 25.1 Å². The van der Waals surface area contributed by atoms with Gasteiger partial charge in [-0.2, -0.15) is 0 Å².